The van der Waals surface area contributed by atoms with Crippen molar-refractivity contribution in [3.05, 3.63) is 58.6 Å². The summed E-state index contributed by atoms with van der Waals surface area (Å²) in [6, 6.07) is 13.6. The number of hydrogen-bond acceptors (Lipinski definition) is 4. The molecule has 0 bridgehead atoms. The first-order chi connectivity index (χ1) is 13.2. The van der Waals surface area contributed by atoms with Gasteiger partial charge in [0.2, 0.25) is 6.79 Å². The predicted octanol–water partition coefficient (Wildman–Crippen LogP) is 3.10. The van der Waals surface area contributed by atoms with Crippen LogP contribution in [0.25, 0.3) is 0 Å². The summed E-state index contributed by atoms with van der Waals surface area (Å²) in [5.74, 6) is 1.49. The average Bonchev–Trinajstić information content (AvgIpc) is 3.16. The maximum absolute atomic E-state index is 12.4. The van der Waals surface area contributed by atoms with Crippen molar-refractivity contribution in [1.29, 1.82) is 0 Å². The Morgan fingerprint density at radius 1 is 0.963 bits per heavy atom. The molecule has 0 spiro atoms. The summed E-state index contributed by atoms with van der Waals surface area (Å²) in [5, 5.41) is 3.74. The van der Waals surface area contributed by atoms with Gasteiger partial charge < -0.3 is 19.7 Å². The van der Waals surface area contributed by atoms with Crippen LogP contribution in [0.3, 0.4) is 0 Å². The Morgan fingerprint density at radius 3 is 2.44 bits per heavy atom. The molecule has 0 radical (unpaired) electrons. The lowest BCUT2D eigenvalue weighted by Gasteiger charge is -2.34. The van der Waals surface area contributed by atoms with E-state index in [1.807, 2.05) is 47.4 Å². The molecule has 2 aliphatic heterocycles. The van der Waals surface area contributed by atoms with Crippen LogP contribution in [0.1, 0.15) is 11.1 Å². The van der Waals surface area contributed by atoms with E-state index in [2.05, 4.69) is 10.2 Å². The van der Waals surface area contributed by atoms with Gasteiger partial charge in [-0.05, 0) is 35.4 Å². The third kappa shape index (κ3) is 4.46. The molecule has 0 aromatic heterocycles. The largest absolute Gasteiger partial charge is 0.454 e. The van der Waals surface area contributed by atoms with Crippen LogP contribution in [0.2, 0.25) is 5.02 Å². The number of amides is 2. The molecule has 0 unspecified atom stereocenters. The Labute approximate surface area is 163 Å². The quantitative estimate of drug-likeness (QED) is 0.875. The van der Waals surface area contributed by atoms with Crippen LogP contribution in [0, 0.1) is 0 Å². The van der Waals surface area contributed by atoms with Gasteiger partial charge in [0.1, 0.15) is 0 Å². The number of carbonyl (C=O) groups is 1. The molecule has 2 aromatic rings. The second kappa shape index (κ2) is 8.06. The van der Waals surface area contributed by atoms with Crippen LogP contribution in [0.5, 0.6) is 11.5 Å². The molecule has 2 aliphatic rings. The van der Waals surface area contributed by atoms with Gasteiger partial charge in [-0.2, -0.15) is 0 Å². The van der Waals surface area contributed by atoms with Crippen molar-refractivity contribution in [1.82, 2.24) is 15.1 Å². The zero-order valence-electron chi connectivity index (χ0n) is 15.0. The molecule has 4 rings (SSSR count). The van der Waals surface area contributed by atoms with E-state index in [9.17, 15) is 4.79 Å². The molecular weight excluding hydrogens is 366 g/mol. The van der Waals surface area contributed by atoms with Gasteiger partial charge in [-0.1, -0.05) is 29.8 Å². The minimum atomic E-state index is -0.0289. The highest BCUT2D eigenvalue weighted by atomic mass is 35.5. The SMILES string of the molecule is O=C(NCc1ccc2c(c1)OCO2)N1CCN(Cc2ccc(Cl)cc2)CC1. The monoisotopic (exact) mass is 387 g/mol. The molecule has 0 atom stereocenters. The van der Waals surface area contributed by atoms with E-state index in [0.717, 1.165) is 54.8 Å². The van der Waals surface area contributed by atoms with Crippen molar-refractivity contribution >= 4 is 17.6 Å². The van der Waals surface area contributed by atoms with Gasteiger partial charge in [0, 0.05) is 44.3 Å². The number of nitrogens with one attached hydrogen (secondary N) is 1. The number of rotatable bonds is 4. The van der Waals surface area contributed by atoms with Gasteiger partial charge in [-0.3, -0.25) is 4.90 Å². The summed E-state index contributed by atoms with van der Waals surface area (Å²) in [5.41, 5.74) is 2.23. The number of halogens is 1. The van der Waals surface area contributed by atoms with Crippen LogP contribution < -0.4 is 14.8 Å². The molecule has 0 saturated carbocycles. The van der Waals surface area contributed by atoms with Gasteiger partial charge in [0.15, 0.2) is 11.5 Å². The number of urea groups is 1. The summed E-state index contributed by atoms with van der Waals surface area (Å²) in [4.78, 5) is 16.7. The fourth-order valence-corrected chi connectivity index (χ4v) is 3.42. The Hall–Kier alpha value is -2.44. The molecule has 1 fully saturated rings. The molecule has 2 heterocycles. The maximum atomic E-state index is 12.4. The average molecular weight is 388 g/mol. The number of hydrogen-bond donors (Lipinski definition) is 1. The van der Waals surface area contributed by atoms with Gasteiger partial charge in [-0.25, -0.2) is 4.79 Å². The van der Waals surface area contributed by atoms with Crippen molar-refractivity contribution in [3.63, 3.8) is 0 Å². The zero-order chi connectivity index (χ0) is 18.6. The van der Waals surface area contributed by atoms with Gasteiger partial charge in [0.25, 0.3) is 0 Å². The second-order valence-electron chi connectivity index (χ2n) is 6.74. The van der Waals surface area contributed by atoms with Crippen LogP contribution in [0.15, 0.2) is 42.5 Å². The molecule has 142 valence electrons. The van der Waals surface area contributed by atoms with E-state index in [0.29, 0.717) is 6.54 Å². The highest BCUT2D eigenvalue weighted by Crippen LogP contribution is 2.32. The van der Waals surface area contributed by atoms with Crippen LogP contribution in [0.4, 0.5) is 4.79 Å². The first kappa shape index (κ1) is 17.9. The molecular formula is C20H22ClN3O3. The molecule has 1 saturated heterocycles. The molecule has 6 nitrogen and oxygen atoms in total. The second-order valence-corrected chi connectivity index (χ2v) is 7.17. The minimum Gasteiger partial charge on any atom is -0.454 e. The van der Waals surface area contributed by atoms with Crippen LogP contribution in [-0.2, 0) is 13.1 Å². The third-order valence-electron chi connectivity index (χ3n) is 4.86. The summed E-state index contributed by atoms with van der Waals surface area (Å²) in [6.45, 7) is 4.77. The molecule has 0 aliphatic carbocycles. The third-order valence-corrected chi connectivity index (χ3v) is 5.11. The fraction of sp³-hybridized carbons (Fsp3) is 0.350. The summed E-state index contributed by atoms with van der Waals surface area (Å²) < 4.78 is 10.7. The highest BCUT2D eigenvalue weighted by molar-refractivity contribution is 6.30. The Kier molecular flexibility index (Phi) is 5.36. The normalized spacial score (nSPS) is 16.4. The van der Waals surface area contributed by atoms with Crippen molar-refractivity contribution in [2.75, 3.05) is 33.0 Å². The number of benzene rings is 2. The van der Waals surface area contributed by atoms with E-state index in [1.54, 1.807) is 0 Å². The lowest BCUT2D eigenvalue weighted by molar-refractivity contribution is 0.135. The topological polar surface area (TPSA) is 54.0 Å². The Bertz CT molecular complexity index is 805. The number of carbonyl (C=O) groups excluding carboxylic acids is 1. The number of fused-ring (bicyclic) bond motifs is 1. The maximum Gasteiger partial charge on any atom is 0.317 e. The first-order valence-corrected chi connectivity index (χ1v) is 9.43. The van der Waals surface area contributed by atoms with Crippen molar-refractivity contribution in [2.24, 2.45) is 0 Å². The van der Waals surface area contributed by atoms with E-state index >= 15 is 0 Å². The van der Waals surface area contributed by atoms with Crippen molar-refractivity contribution < 1.29 is 14.3 Å². The Morgan fingerprint density at radius 2 is 1.67 bits per heavy atom. The molecule has 1 N–H and O–H groups in total. The molecule has 27 heavy (non-hydrogen) atoms. The van der Waals surface area contributed by atoms with E-state index in [-0.39, 0.29) is 12.8 Å². The lowest BCUT2D eigenvalue weighted by atomic mass is 10.2. The smallest absolute Gasteiger partial charge is 0.317 e. The standard InChI is InChI=1S/C20H22ClN3O3/c21-17-4-1-15(2-5-17)13-23-7-9-24(10-8-23)20(25)22-12-16-3-6-18-19(11-16)27-14-26-18/h1-6,11H,7-10,12-14H2,(H,22,25). The van der Waals surface area contributed by atoms with Crippen molar-refractivity contribution in [3.8, 4) is 11.5 Å². The van der Waals surface area contributed by atoms with E-state index in [4.69, 9.17) is 21.1 Å². The van der Waals surface area contributed by atoms with Crippen LogP contribution >= 0.6 is 11.6 Å². The predicted molar refractivity (Wildman–Crippen MR) is 103 cm³/mol. The molecule has 2 amide bonds. The molecule has 2 aromatic carbocycles. The Balaban J connectivity index is 1.23. The highest BCUT2D eigenvalue weighted by Gasteiger charge is 2.21. The number of piperazine rings is 1. The van der Waals surface area contributed by atoms with E-state index in [1.165, 1.54) is 5.56 Å². The number of nitrogens with zero attached hydrogens (tertiary/aromatic N) is 2. The summed E-state index contributed by atoms with van der Waals surface area (Å²) in [6.07, 6.45) is 0. The summed E-state index contributed by atoms with van der Waals surface area (Å²) >= 11 is 5.93. The summed E-state index contributed by atoms with van der Waals surface area (Å²) in [7, 11) is 0. The first-order valence-electron chi connectivity index (χ1n) is 9.05. The molecule has 7 heteroatoms. The van der Waals surface area contributed by atoms with Gasteiger partial charge >= 0.3 is 6.03 Å². The van der Waals surface area contributed by atoms with Crippen LogP contribution in [-0.4, -0.2) is 48.8 Å². The van der Waals surface area contributed by atoms with Crippen molar-refractivity contribution in [2.45, 2.75) is 13.1 Å². The fourth-order valence-electron chi connectivity index (χ4n) is 3.30. The van der Waals surface area contributed by atoms with Gasteiger partial charge in [0.05, 0.1) is 0 Å². The minimum absolute atomic E-state index is 0.0289. The van der Waals surface area contributed by atoms with E-state index < -0.39 is 0 Å². The number of ether oxygens (including phenoxy) is 2. The van der Waals surface area contributed by atoms with Gasteiger partial charge in [-0.15, -0.1) is 0 Å². The zero-order valence-corrected chi connectivity index (χ0v) is 15.7. The lowest BCUT2D eigenvalue weighted by Crippen LogP contribution is -2.51.